The Bertz CT molecular complexity index is 1780. The Morgan fingerprint density at radius 2 is 1.75 bits per heavy atom. The van der Waals surface area contributed by atoms with E-state index in [1.165, 1.54) is 36.3 Å². The Morgan fingerprint density at radius 1 is 1.05 bits per heavy atom. The van der Waals surface area contributed by atoms with Crippen LogP contribution in [0.5, 0.6) is 5.88 Å². The molecule has 1 saturated carbocycles. The molecule has 0 bridgehead atoms. The van der Waals surface area contributed by atoms with Gasteiger partial charge in [-0.1, -0.05) is 0 Å². The molecule has 4 heterocycles. The molecule has 1 unspecified atom stereocenters. The number of carbonyl (C=O) groups excluding carboxylic acids is 2. The number of likely N-dealkylation sites (tertiary alicyclic amines) is 1. The molecule has 4 aromatic rings. The molecule has 1 aromatic carbocycles. The van der Waals surface area contributed by atoms with Gasteiger partial charge in [-0.3, -0.25) is 9.59 Å². The van der Waals surface area contributed by atoms with Crippen molar-refractivity contribution < 1.29 is 33.0 Å². The third-order valence-corrected chi connectivity index (χ3v) is 7.85. The van der Waals surface area contributed by atoms with Crippen LogP contribution in [0, 0.1) is 23.5 Å². The van der Waals surface area contributed by atoms with Crippen molar-refractivity contribution in [3.8, 4) is 23.1 Å². The standard InChI is InChI=1S/C30H27F2N7O5/c1-15(40)25-20(14-39(37-25)28-33-7-4-8-34-28)27(41)38-12-18-19(13-38)26(18)44-24-11-17(30(2,3)36-29(42)43)10-23(35-24)16-5-6-21(31)22(32)9-16/h4-11,14,18-19,26,36H,12-13H2,1-3H3,(H,42,43)/t18-,19+,26?. The van der Waals surface area contributed by atoms with Crippen molar-refractivity contribution in [1.29, 1.82) is 0 Å². The smallest absolute Gasteiger partial charge is 0.405 e. The zero-order chi connectivity index (χ0) is 31.3. The molecule has 1 aliphatic carbocycles. The number of carboxylic acid groups (broad SMARTS) is 1. The van der Waals surface area contributed by atoms with Crippen molar-refractivity contribution in [1.82, 2.24) is 34.9 Å². The number of ether oxygens (including phenoxy) is 1. The van der Waals surface area contributed by atoms with Crippen LogP contribution in [0.25, 0.3) is 17.2 Å². The number of rotatable bonds is 8. The number of fused-ring (bicyclic) bond motifs is 1. The summed E-state index contributed by atoms with van der Waals surface area (Å²) < 4.78 is 35.2. The molecule has 2 fully saturated rings. The lowest BCUT2D eigenvalue weighted by atomic mass is 9.93. The number of aromatic nitrogens is 5. The third-order valence-electron chi connectivity index (χ3n) is 7.85. The van der Waals surface area contributed by atoms with Gasteiger partial charge in [0.25, 0.3) is 5.91 Å². The lowest BCUT2D eigenvalue weighted by Gasteiger charge is -2.26. The van der Waals surface area contributed by atoms with Gasteiger partial charge in [0.05, 0.1) is 16.8 Å². The summed E-state index contributed by atoms with van der Waals surface area (Å²) in [5.41, 5.74) is 0.185. The number of nitrogens with zero attached hydrogens (tertiary/aromatic N) is 6. The van der Waals surface area contributed by atoms with Crippen LogP contribution in [-0.2, 0) is 5.54 Å². The highest BCUT2D eigenvalue weighted by Gasteiger charge is 2.59. The predicted octanol–water partition coefficient (Wildman–Crippen LogP) is 3.86. The maximum Gasteiger partial charge on any atom is 0.405 e. The largest absolute Gasteiger partial charge is 0.474 e. The summed E-state index contributed by atoms with van der Waals surface area (Å²) in [6, 6.07) is 8.22. The summed E-state index contributed by atoms with van der Waals surface area (Å²) in [7, 11) is 0. The molecule has 44 heavy (non-hydrogen) atoms. The van der Waals surface area contributed by atoms with Gasteiger partial charge in [-0.25, -0.2) is 33.2 Å². The second-order valence-electron chi connectivity index (χ2n) is 11.3. The third kappa shape index (κ3) is 5.45. The normalized spacial score (nSPS) is 18.9. The first-order valence-corrected chi connectivity index (χ1v) is 13.7. The van der Waals surface area contributed by atoms with Gasteiger partial charge in [-0.15, -0.1) is 0 Å². The lowest BCUT2D eigenvalue weighted by Crippen LogP contribution is -2.40. The van der Waals surface area contributed by atoms with E-state index in [2.05, 4.69) is 25.4 Å². The Morgan fingerprint density at radius 3 is 2.39 bits per heavy atom. The number of carbonyl (C=O) groups is 3. The van der Waals surface area contributed by atoms with Gasteiger partial charge in [0.2, 0.25) is 11.8 Å². The maximum atomic E-state index is 14.0. The van der Waals surface area contributed by atoms with Crippen molar-refractivity contribution >= 4 is 17.8 Å². The van der Waals surface area contributed by atoms with E-state index in [0.29, 0.717) is 18.7 Å². The van der Waals surface area contributed by atoms with Gasteiger partial charge < -0.3 is 20.1 Å². The first kappa shape index (κ1) is 28.8. The molecular formula is C30H27F2N7O5. The summed E-state index contributed by atoms with van der Waals surface area (Å²) in [5, 5.41) is 16.0. The van der Waals surface area contributed by atoms with E-state index in [-0.39, 0.29) is 64.0 Å². The highest BCUT2D eigenvalue weighted by molar-refractivity contribution is 6.06. The number of ketones is 1. The average molecular weight is 604 g/mol. The summed E-state index contributed by atoms with van der Waals surface area (Å²) in [6.45, 7) is 5.40. The topological polar surface area (TPSA) is 152 Å². The average Bonchev–Trinajstić information content (AvgIpc) is 3.33. The Hall–Kier alpha value is -5.27. The number of amides is 2. The molecule has 14 heteroatoms. The summed E-state index contributed by atoms with van der Waals surface area (Å²) >= 11 is 0. The van der Waals surface area contributed by atoms with Crippen LogP contribution in [0.2, 0.25) is 0 Å². The molecule has 3 atom stereocenters. The number of hydrogen-bond donors (Lipinski definition) is 2. The molecular weight excluding hydrogens is 576 g/mol. The van der Waals surface area contributed by atoms with Crippen molar-refractivity contribution in [2.75, 3.05) is 13.1 Å². The molecule has 1 aliphatic heterocycles. The fourth-order valence-corrected chi connectivity index (χ4v) is 5.49. The maximum absolute atomic E-state index is 14.0. The molecule has 12 nitrogen and oxygen atoms in total. The number of hydrogen-bond acceptors (Lipinski definition) is 8. The summed E-state index contributed by atoms with van der Waals surface area (Å²) in [4.78, 5) is 51.6. The molecule has 2 amide bonds. The van der Waals surface area contributed by atoms with Crippen LogP contribution in [-0.4, -0.2) is 71.7 Å². The van der Waals surface area contributed by atoms with Gasteiger partial charge in [0.15, 0.2) is 17.4 Å². The molecule has 1 saturated heterocycles. The highest BCUT2D eigenvalue weighted by atomic mass is 19.2. The van der Waals surface area contributed by atoms with Gasteiger partial charge in [0, 0.05) is 62.1 Å². The molecule has 0 radical (unpaired) electrons. The second kappa shape index (κ2) is 10.8. The Labute approximate surface area is 249 Å². The van der Waals surface area contributed by atoms with Crippen LogP contribution in [0.1, 0.15) is 47.2 Å². The minimum Gasteiger partial charge on any atom is -0.474 e. The van der Waals surface area contributed by atoms with E-state index < -0.39 is 23.3 Å². The molecule has 6 rings (SSSR count). The highest BCUT2D eigenvalue weighted by Crippen LogP contribution is 2.48. The van der Waals surface area contributed by atoms with Crippen molar-refractivity contribution in [3.63, 3.8) is 0 Å². The monoisotopic (exact) mass is 603 g/mol. The van der Waals surface area contributed by atoms with E-state index in [0.717, 1.165) is 12.1 Å². The lowest BCUT2D eigenvalue weighted by molar-refractivity contribution is 0.0746. The Kier molecular flexibility index (Phi) is 7.06. The van der Waals surface area contributed by atoms with Crippen LogP contribution in [0.15, 0.2) is 55.0 Å². The fraction of sp³-hybridized carbons (Fsp3) is 0.300. The first-order chi connectivity index (χ1) is 20.9. The van der Waals surface area contributed by atoms with Crippen LogP contribution in [0.4, 0.5) is 13.6 Å². The van der Waals surface area contributed by atoms with Crippen LogP contribution < -0.4 is 10.1 Å². The number of nitrogens with one attached hydrogen (secondary N) is 1. The molecule has 226 valence electrons. The molecule has 0 spiro atoms. The molecule has 3 aromatic heterocycles. The van der Waals surface area contributed by atoms with Gasteiger partial charge in [-0.05, 0) is 49.7 Å². The minimum absolute atomic E-state index is 0.00504. The number of piperidine rings is 1. The van der Waals surface area contributed by atoms with Crippen molar-refractivity contribution in [3.05, 3.63) is 83.4 Å². The SMILES string of the molecule is CC(=O)c1nn(-c2ncccn2)cc1C(=O)N1C[C@@H]2C(Oc3cc(C(C)(C)NC(=O)O)cc(-c4ccc(F)c(F)c4)n3)[C@@H]2C1. The first-order valence-electron chi connectivity index (χ1n) is 13.7. The van der Waals surface area contributed by atoms with E-state index in [1.54, 1.807) is 36.9 Å². The van der Waals surface area contributed by atoms with E-state index >= 15 is 0 Å². The quantitative estimate of drug-likeness (QED) is 0.286. The number of pyridine rings is 1. The zero-order valence-corrected chi connectivity index (χ0v) is 23.9. The molecule has 2 N–H and O–H groups in total. The number of benzene rings is 1. The van der Waals surface area contributed by atoms with E-state index in [9.17, 15) is 28.3 Å². The van der Waals surface area contributed by atoms with Crippen molar-refractivity contribution in [2.24, 2.45) is 11.8 Å². The predicted molar refractivity (Wildman–Crippen MR) is 150 cm³/mol. The van der Waals surface area contributed by atoms with E-state index in [4.69, 9.17) is 4.74 Å². The van der Waals surface area contributed by atoms with Crippen LogP contribution >= 0.6 is 0 Å². The van der Waals surface area contributed by atoms with Crippen molar-refractivity contribution in [2.45, 2.75) is 32.4 Å². The summed E-state index contributed by atoms with van der Waals surface area (Å²) in [6.07, 6.45) is 3.00. The number of Topliss-reactive ketones (excluding diaryl/α,β-unsaturated/α-hetero) is 1. The van der Waals surface area contributed by atoms with Gasteiger partial charge >= 0.3 is 6.09 Å². The Balaban J connectivity index is 1.21. The minimum atomic E-state index is -1.24. The van der Waals surface area contributed by atoms with Gasteiger partial charge in [-0.2, -0.15) is 5.10 Å². The fourth-order valence-electron chi connectivity index (χ4n) is 5.49. The second-order valence-corrected chi connectivity index (χ2v) is 11.3. The van der Waals surface area contributed by atoms with E-state index in [1.807, 2.05) is 0 Å². The summed E-state index contributed by atoms with van der Waals surface area (Å²) in [5.74, 6) is -2.35. The van der Waals surface area contributed by atoms with Crippen LogP contribution in [0.3, 0.4) is 0 Å². The zero-order valence-electron chi connectivity index (χ0n) is 23.9. The number of halogens is 2. The molecule has 2 aliphatic rings. The van der Waals surface area contributed by atoms with Gasteiger partial charge in [0.1, 0.15) is 11.8 Å².